The van der Waals surface area contributed by atoms with E-state index in [2.05, 4.69) is 0 Å². The van der Waals surface area contributed by atoms with Gasteiger partial charge in [0.15, 0.2) is 0 Å². The summed E-state index contributed by atoms with van der Waals surface area (Å²) in [6, 6.07) is 0. The predicted molar refractivity (Wildman–Crippen MR) is 54.9 cm³/mol. The van der Waals surface area contributed by atoms with Gasteiger partial charge >= 0.3 is 5.97 Å². The standard InChI is InChI=1S/C11H18O3/c1-5-7-8-11(4,9(3)12)10(13)14-6-2/h5,7H,6,8H2,1-4H3/b7-5-. The Kier molecular flexibility index (Phi) is 5.13. The summed E-state index contributed by atoms with van der Waals surface area (Å²) in [6.07, 6.45) is 4.02. The monoisotopic (exact) mass is 198 g/mol. The number of carbonyl (C=O) groups excluding carboxylic acids is 2. The zero-order valence-electron chi connectivity index (χ0n) is 9.29. The second-order valence-electron chi connectivity index (χ2n) is 3.38. The van der Waals surface area contributed by atoms with Crippen molar-refractivity contribution in [1.29, 1.82) is 0 Å². The molecule has 0 spiro atoms. The van der Waals surface area contributed by atoms with E-state index in [1.54, 1.807) is 19.9 Å². The number of ether oxygens (including phenoxy) is 1. The van der Waals surface area contributed by atoms with E-state index in [1.165, 1.54) is 6.92 Å². The Morgan fingerprint density at radius 2 is 2.00 bits per heavy atom. The quantitative estimate of drug-likeness (QED) is 0.386. The third-order valence-electron chi connectivity index (χ3n) is 2.26. The van der Waals surface area contributed by atoms with Crippen LogP contribution in [0.25, 0.3) is 0 Å². The summed E-state index contributed by atoms with van der Waals surface area (Å²) in [4.78, 5) is 22.9. The van der Waals surface area contributed by atoms with Gasteiger partial charge in [0, 0.05) is 0 Å². The minimum Gasteiger partial charge on any atom is -0.465 e. The van der Waals surface area contributed by atoms with Crippen LogP contribution in [0.4, 0.5) is 0 Å². The second kappa shape index (κ2) is 5.58. The minimum atomic E-state index is -1.03. The molecule has 14 heavy (non-hydrogen) atoms. The topological polar surface area (TPSA) is 43.4 Å². The van der Waals surface area contributed by atoms with Crippen LogP contribution in [-0.2, 0) is 14.3 Å². The van der Waals surface area contributed by atoms with Gasteiger partial charge in [-0.05, 0) is 34.1 Å². The highest BCUT2D eigenvalue weighted by Crippen LogP contribution is 2.25. The fourth-order valence-electron chi connectivity index (χ4n) is 1.01. The fourth-order valence-corrected chi connectivity index (χ4v) is 1.01. The van der Waals surface area contributed by atoms with Gasteiger partial charge in [-0.1, -0.05) is 12.2 Å². The highest BCUT2D eigenvalue weighted by atomic mass is 16.5. The maximum Gasteiger partial charge on any atom is 0.319 e. The summed E-state index contributed by atoms with van der Waals surface area (Å²) in [6.45, 7) is 6.92. The van der Waals surface area contributed by atoms with Crippen molar-refractivity contribution in [2.45, 2.75) is 34.1 Å². The SMILES string of the molecule is C/C=C\CC(C)(C(C)=O)C(=O)OCC. The lowest BCUT2D eigenvalue weighted by Gasteiger charge is -2.22. The van der Waals surface area contributed by atoms with Crippen LogP contribution in [0.3, 0.4) is 0 Å². The zero-order valence-corrected chi connectivity index (χ0v) is 9.29. The van der Waals surface area contributed by atoms with E-state index in [9.17, 15) is 9.59 Å². The largest absolute Gasteiger partial charge is 0.465 e. The molecule has 0 aliphatic rings. The van der Waals surface area contributed by atoms with Crippen LogP contribution in [0.5, 0.6) is 0 Å². The van der Waals surface area contributed by atoms with Crippen molar-refractivity contribution in [3.05, 3.63) is 12.2 Å². The van der Waals surface area contributed by atoms with Gasteiger partial charge in [-0.25, -0.2) is 0 Å². The molecule has 0 amide bonds. The molecule has 0 rings (SSSR count). The number of ketones is 1. The molecule has 0 N–H and O–H groups in total. The van der Waals surface area contributed by atoms with Crippen LogP contribution in [0.15, 0.2) is 12.2 Å². The van der Waals surface area contributed by atoms with Gasteiger partial charge in [-0.15, -0.1) is 0 Å². The van der Waals surface area contributed by atoms with Gasteiger partial charge in [0.2, 0.25) is 0 Å². The number of rotatable bonds is 5. The molecule has 3 heteroatoms. The summed E-state index contributed by atoms with van der Waals surface area (Å²) < 4.78 is 4.87. The van der Waals surface area contributed by atoms with E-state index < -0.39 is 11.4 Å². The summed E-state index contributed by atoms with van der Waals surface area (Å²) in [5, 5.41) is 0. The molecule has 0 aliphatic heterocycles. The number of allylic oxidation sites excluding steroid dienone is 2. The van der Waals surface area contributed by atoms with Crippen LogP contribution in [0.2, 0.25) is 0 Å². The lowest BCUT2D eigenvalue weighted by Crippen LogP contribution is -2.36. The molecule has 1 unspecified atom stereocenters. The molecule has 0 saturated heterocycles. The van der Waals surface area contributed by atoms with Crippen LogP contribution in [0.1, 0.15) is 34.1 Å². The zero-order chi connectivity index (χ0) is 11.2. The van der Waals surface area contributed by atoms with E-state index in [-0.39, 0.29) is 5.78 Å². The fraction of sp³-hybridized carbons (Fsp3) is 0.636. The van der Waals surface area contributed by atoms with Crippen LogP contribution < -0.4 is 0 Å². The molecule has 1 atom stereocenters. The average Bonchev–Trinajstić information content (AvgIpc) is 2.14. The molecule has 80 valence electrons. The van der Waals surface area contributed by atoms with E-state index in [4.69, 9.17) is 4.74 Å². The smallest absolute Gasteiger partial charge is 0.319 e. The number of esters is 1. The van der Waals surface area contributed by atoms with Crippen molar-refractivity contribution >= 4 is 11.8 Å². The molecule has 0 aromatic heterocycles. The first-order valence-electron chi connectivity index (χ1n) is 4.78. The lowest BCUT2D eigenvalue weighted by atomic mass is 9.83. The average molecular weight is 198 g/mol. The highest BCUT2D eigenvalue weighted by Gasteiger charge is 2.38. The van der Waals surface area contributed by atoms with Crippen LogP contribution in [0, 0.1) is 5.41 Å². The Labute approximate surface area is 85.1 Å². The normalized spacial score (nSPS) is 15.1. The first-order valence-corrected chi connectivity index (χ1v) is 4.78. The lowest BCUT2D eigenvalue weighted by molar-refractivity contribution is -0.158. The van der Waals surface area contributed by atoms with E-state index in [1.807, 2.05) is 13.0 Å². The Hall–Kier alpha value is -1.12. The van der Waals surface area contributed by atoms with Crippen molar-refractivity contribution < 1.29 is 14.3 Å². The van der Waals surface area contributed by atoms with Crippen molar-refractivity contribution in [2.75, 3.05) is 6.61 Å². The predicted octanol–water partition coefficient (Wildman–Crippen LogP) is 2.11. The third kappa shape index (κ3) is 2.98. The highest BCUT2D eigenvalue weighted by molar-refractivity contribution is 6.02. The Bertz CT molecular complexity index is 243. The Morgan fingerprint density at radius 1 is 1.43 bits per heavy atom. The molecule has 0 heterocycles. The van der Waals surface area contributed by atoms with Crippen LogP contribution >= 0.6 is 0 Å². The molecular weight excluding hydrogens is 180 g/mol. The number of hydrogen-bond acceptors (Lipinski definition) is 3. The van der Waals surface area contributed by atoms with Gasteiger partial charge in [0.05, 0.1) is 6.61 Å². The van der Waals surface area contributed by atoms with Gasteiger partial charge in [-0.3, -0.25) is 9.59 Å². The van der Waals surface area contributed by atoms with Gasteiger partial charge < -0.3 is 4.74 Å². The number of hydrogen-bond donors (Lipinski definition) is 0. The summed E-state index contributed by atoms with van der Waals surface area (Å²) in [7, 11) is 0. The first-order chi connectivity index (χ1) is 6.49. The molecule has 0 saturated carbocycles. The molecule has 3 nitrogen and oxygen atoms in total. The summed E-state index contributed by atoms with van der Waals surface area (Å²) in [5.74, 6) is -0.598. The van der Waals surface area contributed by atoms with Crippen molar-refractivity contribution in [3.8, 4) is 0 Å². The first kappa shape index (κ1) is 12.9. The van der Waals surface area contributed by atoms with Gasteiger partial charge in [0.1, 0.15) is 11.2 Å². The van der Waals surface area contributed by atoms with Gasteiger partial charge in [0.25, 0.3) is 0 Å². The summed E-state index contributed by atoms with van der Waals surface area (Å²) >= 11 is 0. The number of carbonyl (C=O) groups is 2. The van der Waals surface area contributed by atoms with Crippen LogP contribution in [-0.4, -0.2) is 18.4 Å². The van der Waals surface area contributed by atoms with Gasteiger partial charge in [-0.2, -0.15) is 0 Å². The Balaban J connectivity index is 4.70. The van der Waals surface area contributed by atoms with E-state index in [0.29, 0.717) is 13.0 Å². The maximum absolute atomic E-state index is 11.5. The Morgan fingerprint density at radius 3 is 2.36 bits per heavy atom. The van der Waals surface area contributed by atoms with Crippen molar-refractivity contribution in [3.63, 3.8) is 0 Å². The molecule has 0 aromatic rings. The molecule has 0 fully saturated rings. The van der Waals surface area contributed by atoms with Crippen molar-refractivity contribution in [1.82, 2.24) is 0 Å². The second-order valence-corrected chi connectivity index (χ2v) is 3.38. The van der Waals surface area contributed by atoms with Crippen molar-refractivity contribution in [2.24, 2.45) is 5.41 Å². The van der Waals surface area contributed by atoms with E-state index >= 15 is 0 Å². The van der Waals surface area contributed by atoms with E-state index in [0.717, 1.165) is 0 Å². The third-order valence-corrected chi connectivity index (χ3v) is 2.26. The molecule has 0 radical (unpaired) electrons. The molecule has 0 aliphatic carbocycles. The molecular formula is C11H18O3. The maximum atomic E-state index is 11.5. The minimum absolute atomic E-state index is 0.158. The molecule has 0 bridgehead atoms. The number of Topliss-reactive ketones (excluding diaryl/α,β-unsaturated/α-hetero) is 1. The summed E-state index contributed by atoms with van der Waals surface area (Å²) in [5.41, 5.74) is -1.03. The molecule has 0 aromatic carbocycles.